The second-order valence-corrected chi connectivity index (χ2v) is 9.30. The van der Waals surface area contributed by atoms with Gasteiger partial charge in [0.05, 0.1) is 16.7 Å². The number of hydrogen-bond acceptors (Lipinski definition) is 8. The molecule has 3 aromatic carbocycles. The van der Waals surface area contributed by atoms with Crippen molar-refractivity contribution in [2.24, 2.45) is 0 Å². The predicted molar refractivity (Wildman–Crippen MR) is 138 cm³/mol. The minimum atomic E-state index is -2.22. The lowest BCUT2D eigenvalue weighted by Crippen LogP contribution is -2.59. The van der Waals surface area contributed by atoms with Crippen LogP contribution < -0.4 is 0 Å². The average Bonchev–Trinajstić information content (AvgIpc) is 2.92. The van der Waals surface area contributed by atoms with Gasteiger partial charge in [-0.15, -0.1) is 0 Å². The van der Waals surface area contributed by atoms with Gasteiger partial charge in [-0.3, -0.25) is 0 Å². The highest BCUT2D eigenvalue weighted by atomic mass is 19.1. The number of carbonyl (C=O) groups excluding carboxylic acids is 3. The molecule has 1 aliphatic heterocycles. The lowest BCUT2D eigenvalue weighted by molar-refractivity contribution is -0.272. The second-order valence-electron chi connectivity index (χ2n) is 9.30. The maximum atomic E-state index is 15.6. The molecule has 204 valence electrons. The van der Waals surface area contributed by atoms with Crippen molar-refractivity contribution in [3.05, 3.63) is 106 Å². The quantitative estimate of drug-likeness (QED) is 0.352. The van der Waals surface area contributed by atoms with Gasteiger partial charge >= 0.3 is 17.9 Å². The van der Waals surface area contributed by atoms with E-state index in [1.807, 2.05) is 0 Å². The van der Waals surface area contributed by atoms with Crippen LogP contribution in [0.5, 0.6) is 0 Å². The van der Waals surface area contributed by atoms with Crippen molar-refractivity contribution in [1.82, 2.24) is 0 Å². The average molecular weight is 537 g/mol. The molecule has 0 spiro atoms. The van der Waals surface area contributed by atoms with E-state index in [1.54, 1.807) is 81.4 Å². The summed E-state index contributed by atoms with van der Waals surface area (Å²) >= 11 is 0. The summed E-state index contributed by atoms with van der Waals surface area (Å²) in [5.41, 5.74) is 2.54. The van der Waals surface area contributed by atoms with Crippen LogP contribution in [-0.2, 0) is 18.9 Å². The highest BCUT2D eigenvalue weighted by Crippen LogP contribution is 2.29. The Kier molecular flexibility index (Phi) is 8.73. The Labute approximate surface area is 225 Å². The molecule has 0 radical (unpaired) electrons. The molecule has 0 aromatic heterocycles. The van der Waals surface area contributed by atoms with E-state index in [-0.39, 0.29) is 11.1 Å². The van der Waals surface area contributed by atoms with E-state index in [0.29, 0.717) is 22.3 Å². The summed E-state index contributed by atoms with van der Waals surface area (Å²) < 4.78 is 37.5. The third-order valence-electron chi connectivity index (χ3n) is 6.54. The number of hydrogen-bond donors (Lipinski definition) is 1. The number of benzene rings is 3. The van der Waals surface area contributed by atoms with Gasteiger partial charge in [0.25, 0.3) is 0 Å². The number of aliphatic hydroxyl groups is 1. The first-order chi connectivity index (χ1) is 18.7. The summed E-state index contributed by atoms with van der Waals surface area (Å²) in [6, 6.07) is 19.9. The molecule has 1 N–H and O–H groups in total. The van der Waals surface area contributed by atoms with E-state index in [0.717, 1.165) is 0 Å². The van der Waals surface area contributed by atoms with Crippen molar-refractivity contribution in [2.75, 3.05) is 6.61 Å². The van der Waals surface area contributed by atoms with E-state index in [4.69, 9.17) is 18.9 Å². The minimum absolute atomic E-state index is 0.178. The third kappa shape index (κ3) is 6.32. The molecular formula is C30H29FO8. The van der Waals surface area contributed by atoms with Crippen LogP contribution in [0.1, 0.15) is 47.8 Å². The number of alkyl halides is 1. The lowest BCUT2D eigenvalue weighted by Gasteiger charge is -2.40. The number of halogens is 1. The Morgan fingerprint density at radius 2 is 1.18 bits per heavy atom. The van der Waals surface area contributed by atoms with Crippen molar-refractivity contribution in [3.63, 3.8) is 0 Å². The molecule has 1 heterocycles. The molecule has 1 saturated heterocycles. The number of aliphatic hydroxyl groups excluding tert-OH is 1. The topological polar surface area (TPSA) is 108 Å². The van der Waals surface area contributed by atoms with Crippen molar-refractivity contribution < 1.29 is 42.8 Å². The Morgan fingerprint density at radius 3 is 1.67 bits per heavy atom. The zero-order valence-electron chi connectivity index (χ0n) is 21.7. The zero-order valence-corrected chi connectivity index (χ0v) is 21.7. The molecule has 0 aliphatic carbocycles. The van der Waals surface area contributed by atoms with Gasteiger partial charge in [-0.2, -0.15) is 0 Å². The maximum Gasteiger partial charge on any atom is 0.340 e. The molecule has 0 unspecified atom stereocenters. The summed E-state index contributed by atoms with van der Waals surface area (Å²) in [6.07, 6.45) is -8.99. The number of carbonyl (C=O) groups is 3. The van der Waals surface area contributed by atoms with Crippen LogP contribution in [0.3, 0.4) is 0 Å². The fourth-order valence-corrected chi connectivity index (χ4v) is 4.23. The van der Waals surface area contributed by atoms with Gasteiger partial charge in [0.15, 0.2) is 12.3 Å². The largest absolute Gasteiger partial charge is 0.459 e. The fourth-order valence-electron chi connectivity index (χ4n) is 4.23. The molecule has 1 aliphatic rings. The molecule has 9 heteroatoms. The highest BCUT2D eigenvalue weighted by Gasteiger charge is 2.50. The van der Waals surface area contributed by atoms with E-state index >= 15 is 4.39 Å². The van der Waals surface area contributed by atoms with Crippen LogP contribution in [-0.4, -0.2) is 60.4 Å². The minimum Gasteiger partial charge on any atom is -0.459 e. The van der Waals surface area contributed by atoms with E-state index < -0.39 is 55.3 Å². The zero-order chi connectivity index (χ0) is 28.1. The molecular weight excluding hydrogens is 507 g/mol. The molecule has 0 saturated carbocycles. The van der Waals surface area contributed by atoms with Crippen LogP contribution in [0.2, 0.25) is 0 Å². The van der Waals surface area contributed by atoms with E-state index in [1.165, 1.54) is 12.1 Å². The van der Waals surface area contributed by atoms with Crippen molar-refractivity contribution in [2.45, 2.75) is 51.5 Å². The number of rotatable bonds is 7. The molecule has 0 amide bonds. The molecule has 5 atom stereocenters. The normalized spacial score (nSPS) is 22.5. The standard InChI is InChI=1S/C30H29FO8/c1-17-10-4-7-13-20(17)27(33)36-16-23-25(32)24(31)26(38-28(34)21-14-8-5-11-18(21)2)30(37-23)39-29(35)22-15-9-6-12-19(22)3/h4-15,23-26,30,32H,16H2,1-3H3/t23-,24+,25+,26-,30-/m1/s1. The van der Waals surface area contributed by atoms with Gasteiger partial charge in [-0.1, -0.05) is 54.6 Å². The van der Waals surface area contributed by atoms with Gasteiger partial charge in [0.1, 0.15) is 18.8 Å². The van der Waals surface area contributed by atoms with Crippen LogP contribution in [0.4, 0.5) is 4.39 Å². The Hall–Kier alpha value is -4.08. The van der Waals surface area contributed by atoms with E-state index in [2.05, 4.69) is 0 Å². The monoisotopic (exact) mass is 536 g/mol. The SMILES string of the molecule is Cc1ccccc1C(=O)OC[C@H]1O[C@H](OC(=O)c2ccccc2C)[C@H](OC(=O)c2ccccc2C)[C@@H](F)[C@H]1O. The first kappa shape index (κ1) is 27.9. The van der Waals surface area contributed by atoms with Gasteiger partial charge in [-0.05, 0) is 55.7 Å². The van der Waals surface area contributed by atoms with Gasteiger partial charge in [-0.25, -0.2) is 18.8 Å². The van der Waals surface area contributed by atoms with Gasteiger partial charge < -0.3 is 24.1 Å². The molecule has 8 nitrogen and oxygen atoms in total. The highest BCUT2D eigenvalue weighted by molar-refractivity contribution is 5.92. The molecule has 0 bridgehead atoms. The summed E-state index contributed by atoms with van der Waals surface area (Å²) in [4.78, 5) is 38.4. The summed E-state index contributed by atoms with van der Waals surface area (Å²) in [6.45, 7) is 4.58. The van der Waals surface area contributed by atoms with Crippen LogP contribution >= 0.6 is 0 Å². The Bertz CT molecular complexity index is 1350. The predicted octanol–water partition coefficient (Wildman–Crippen LogP) is 4.28. The number of ether oxygens (including phenoxy) is 4. The summed E-state index contributed by atoms with van der Waals surface area (Å²) in [5, 5.41) is 10.7. The Morgan fingerprint density at radius 1 is 0.744 bits per heavy atom. The first-order valence-electron chi connectivity index (χ1n) is 12.4. The first-order valence-corrected chi connectivity index (χ1v) is 12.4. The van der Waals surface area contributed by atoms with Gasteiger partial charge in [0, 0.05) is 0 Å². The molecule has 39 heavy (non-hydrogen) atoms. The van der Waals surface area contributed by atoms with Crippen molar-refractivity contribution in [1.29, 1.82) is 0 Å². The molecule has 4 rings (SSSR count). The molecule has 3 aromatic rings. The fraction of sp³-hybridized carbons (Fsp3) is 0.300. The third-order valence-corrected chi connectivity index (χ3v) is 6.54. The second kappa shape index (κ2) is 12.2. The van der Waals surface area contributed by atoms with Crippen LogP contribution in [0, 0.1) is 20.8 Å². The Balaban J connectivity index is 1.55. The van der Waals surface area contributed by atoms with Crippen molar-refractivity contribution >= 4 is 17.9 Å². The maximum absolute atomic E-state index is 15.6. The number of esters is 3. The lowest BCUT2D eigenvalue weighted by atomic mass is 10.00. The smallest absolute Gasteiger partial charge is 0.340 e. The number of aryl methyl sites for hydroxylation is 3. The van der Waals surface area contributed by atoms with Crippen molar-refractivity contribution in [3.8, 4) is 0 Å². The summed E-state index contributed by atoms with van der Waals surface area (Å²) in [5.74, 6) is -2.41. The van der Waals surface area contributed by atoms with E-state index in [9.17, 15) is 19.5 Å². The van der Waals surface area contributed by atoms with Crippen LogP contribution in [0.25, 0.3) is 0 Å². The summed E-state index contributed by atoms with van der Waals surface area (Å²) in [7, 11) is 0. The molecule has 1 fully saturated rings. The van der Waals surface area contributed by atoms with Gasteiger partial charge in [0.2, 0.25) is 6.29 Å². The van der Waals surface area contributed by atoms with Crippen LogP contribution in [0.15, 0.2) is 72.8 Å².